The van der Waals surface area contributed by atoms with Crippen LogP contribution in [0.2, 0.25) is 0 Å². The molecular formula is C12H18N2O2. The van der Waals surface area contributed by atoms with Gasteiger partial charge in [0, 0.05) is 11.8 Å². The second-order valence-corrected chi connectivity index (χ2v) is 4.64. The summed E-state index contributed by atoms with van der Waals surface area (Å²) in [7, 11) is 0. The minimum atomic E-state index is -0.541. The molecule has 0 spiro atoms. The molecule has 0 radical (unpaired) electrons. The summed E-state index contributed by atoms with van der Waals surface area (Å²) >= 11 is 0. The monoisotopic (exact) mass is 222 g/mol. The lowest BCUT2D eigenvalue weighted by Crippen LogP contribution is -2.30. The maximum absolute atomic E-state index is 11.5. The van der Waals surface area contributed by atoms with Crippen molar-refractivity contribution >= 4 is 0 Å². The molecule has 1 aliphatic carbocycles. The number of aryl methyl sites for hydroxylation is 1. The van der Waals surface area contributed by atoms with Crippen LogP contribution in [0.4, 0.5) is 0 Å². The number of hydrogen-bond acceptors (Lipinski definition) is 2. The quantitative estimate of drug-likeness (QED) is 0.762. The minimum Gasteiger partial charge on any atom is -0.305 e. The van der Waals surface area contributed by atoms with Gasteiger partial charge in [-0.15, -0.1) is 0 Å². The van der Waals surface area contributed by atoms with Crippen LogP contribution in [0.25, 0.3) is 0 Å². The van der Waals surface area contributed by atoms with Gasteiger partial charge in [0.25, 0.3) is 0 Å². The fourth-order valence-corrected chi connectivity index (χ4v) is 2.48. The summed E-state index contributed by atoms with van der Waals surface area (Å²) in [6.07, 6.45) is 9.92. The maximum Gasteiger partial charge on any atom is 0.310 e. The molecule has 2 rings (SSSR count). The van der Waals surface area contributed by atoms with Gasteiger partial charge in [-0.05, 0) is 18.8 Å². The van der Waals surface area contributed by atoms with Crippen molar-refractivity contribution in [2.24, 2.45) is 5.92 Å². The Bertz CT molecular complexity index is 441. The first-order valence-corrected chi connectivity index (χ1v) is 6.06. The number of aromatic amines is 2. The molecule has 0 aromatic carbocycles. The predicted molar refractivity (Wildman–Crippen MR) is 62.6 cm³/mol. The number of hydrogen-bond donors (Lipinski definition) is 2. The minimum absolute atomic E-state index is 0.380. The first kappa shape index (κ1) is 11.2. The van der Waals surface area contributed by atoms with E-state index >= 15 is 0 Å². The van der Waals surface area contributed by atoms with Crippen molar-refractivity contribution < 1.29 is 0 Å². The Morgan fingerprint density at radius 1 is 1.19 bits per heavy atom. The zero-order valence-corrected chi connectivity index (χ0v) is 9.42. The third-order valence-corrected chi connectivity index (χ3v) is 3.48. The van der Waals surface area contributed by atoms with Crippen LogP contribution in [0.15, 0.2) is 15.8 Å². The molecule has 2 N–H and O–H groups in total. The van der Waals surface area contributed by atoms with Crippen molar-refractivity contribution in [3.8, 4) is 0 Å². The molecule has 0 atom stereocenters. The van der Waals surface area contributed by atoms with Crippen LogP contribution in [0, 0.1) is 5.92 Å². The summed E-state index contributed by atoms with van der Waals surface area (Å²) in [5.74, 6) is 0.743. The van der Waals surface area contributed by atoms with Crippen LogP contribution in [0.1, 0.15) is 44.1 Å². The second-order valence-electron chi connectivity index (χ2n) is 4.64. The van der Waals surface area contributed by atoms with E-state index in [4.69, 9.17) is 0 Å². The van der Waals surface area contributed by atoms with Crippen molar-refractivity contribution in [2.75, 3.05) is 0 Å². The molecule has 0 unspecified atom stereocenters. The molecule has 0 amide bonds. The van der Waals surface area contributed by atoms with E-state index in [1.807, 2.05) is 0 Å². The van der Waals surface area contributed by atoms with Crippen LogP contribution in [-0.2, 0) is 6.42 Å². The largest absolute Gasteiger partial charge is 0.310 e. The van der Waals surface area contributed by atoms with Crippen molar-refractivity contribution in [1.29, 1.82) is 0 Å². The highest BCUT2D eigenvalue weighted by molar-refractivity contribution is 5.06. The van der Waals surface area contributed by atoms with E-state index in [0.717, 1.165) is 18.8 Å². The molecule has 4 nitrogen and oxygen atoms in total. The van der Waals surface area contributed by atoms with E-state index in [0.29, 0.717) is 5.56 Å². The Morgan fingerprint density at radius 2 is 1.94 bits per heavy atom. The molecule has 1 heterocycles. The Hall–Kier alpha value is -1.32. The molecule has 0 saturated heterocycles. The van der Waals surface area contributed by atoms with Gasteiger partial charge in [0.1, 0.15) is 0 Å². The Morgan fingerprint density at radius 3 is 2.69 bits per heavy atom. The van der Waals surface area contributed by atoms with Gasteiger partial charge in [-0.25, -0.2) is 0 Å². The molecule has 1 aromatic heterocycles. The van der Waals surface area contributed by atoms with E-state index in [-0.39, 0.29) is 5.43 Å². The third-order valence-electron chi connectivity index (χ3n) is 3.48. The van der Waals surface area contributed by atoms with Crippen molar-refractivity contribution in [1.82, 2.24) is 10.2 Å². The van der Waals surface area contributed by atoms with Gasteiger partial charge in [-0.2, -0.15) is 0 Å². The van der Waals surface area contributed by atoms with Gasteiger partial charge in [0.05, 0.1) is 0 Å². The average molecular weight is 222 g/mol. The van der Waals surface area contributed by atoms with E-state index < -0.39 is 5.56 Å². The average Bonchev–Trinajstić information content (AvgIpc) is 2.32. The first-order valence-electron chi connectivity index (χ1n) is 6.06. The Labute approximate surface area is 94.1 Å². The number of rotatable bonds is 3. The predicted octanol–water partition coefficient (Wildman–Crippen LogP) is 1.58. The summed E-state index contributed by atoms with van der Waals surface area (Å²) in [5.41, 5.74) is -0.301. The van der Waals surface area contributed by atoms with Gasteiger partial charge in [-0.3, -0.25) is 14.7 Å². The summed E-state index contributed by atoms with van der Waals surface area (Å²) in [4.78, 5) is 22.6. The normalized spacial score (nSPS) is 17.5. The Balaban J connectivity index is 1.96. The molecule has 4 heteroatoms. The van der Waals surface area contributed by atoms with Crippen LogP contribution in [0.3, 0.4) is 0 Å². The zero-order valence-electron chi connectivity index (χ0n) is 9.42. The van der Waals surface area contributed by atoms with E-state index in [1.54, 1.807) is 6.20 Å². The third kappa shape index (κ3) is 2.62. The molecule has 1 aromatic rings. The van der Waals surface area contributed by atoms with Gasteiger partial charge < -0.3 is 5.10 Å². The topological polar surface area (TPSA) is 65.7 Å². The lowest BCUT2D eigenvalue weighted by Gasteiger charge is -2.20. The molecule has 0 aliphatic heterocycles. The lowest BCUT2D eigenvalue weighted by molar-refractivity contribution is 0.339. The van der Waals surface area contributed by atoms with E-state index in [9.17, 15) is 9.59 Å². The zero-order chi connectivity index (χ0) is 11.4. The Kier molecular flexibility index (Phi) is 3.59. The summed E-state index contributed by atoms with van der Waals surface area (Å²) in [6, 6.07) is 0. The highest BCUT2D eigenvalue weighted by Crippen LogP contribution is 2.26. The highest BCUT2D eigenvalue weighted by atomic mass is 16.2. The van der Waals surface area contributed by atoms with Gasteiger partial charge in [0.2, 0.25) is 5.43 Å². The fourth-order valence-electron chi connectivity index (χ4n) is 2.48. The molecule has 16 heavy (non-hydrogen) atoms. The van der Waals surface area contributed by atoms with Crippen LogP contribution >= 0.6 is 0 Å². The van der Waals surface area contributed by atoms with Crippen molar-refractivity contribution in [3.05, 3.63) is 32.3 Å². The van der Waals surface area contributed by atoms with Crippen LogP contribution in [0.5, 0.6) is 0 Å². The van der Waals surface area contributed by atoms with Crippen molar-refractivity contribution in [3.63, 3.8) is 0 Å². The molecule has 88 valence electrons. The number of H-pyrrole nitrogens is 2. The van der Waals surface area contributed by atoms with Gasteiger partial charge in [0.15, 0.2) is 0 Å². The molecule has 1 fully saturated rings. The SMILES string of the molecule is O=c1[nH][nH]cc(CCC2CCCCC2)c1=O. The lowest BCUT2D eigenvalue weighted by atomic mass is 9.85. The molecular weight excluding hydrogens is 204 g/mol. The second kappa shape index (κ2) is 5.14. The first-order chi connectivity index (χ1) is 7.77. The molecule has 1 saturated carbocycles. The fraction of sp³-hybridized carbons (Fsp3) is 0.667. The number of aromatic nitrogens is 2. The van der Waals surface area contributed by atoms with E-state index in [1.165, 1.54) is 32.1 Å². The standard InChI is InChI=1S/C12H18N2O2/c15-11-10(8-13-14-12(11)16)7-6-9-4-2-1-3-5-9/h8-9H,1-7H2,(H,13,15)(H,14,16). The van der Waals surface area contributed by atoms with E-state index in [2.05, 4.69) is 10.2 Å². The summed E-state index contributed by atoms with van der Waals surface area (Å²) in [5, 5.41) is 4.91. The smallest absolute Gasteiger partial charge is 0.305 e. The highest BCUT2D eigenvalue weighted by Gasteiger charge is 2.14. The van der Waals surface area contributed by atoms with Gasteiger partial charge in [-0.1, -0.05) is 32.1 Å². The van der Waals surface area contributed by atoms with Crippen LogP contribution in [-0.4, -0.2) is 10.2 Å². The summed E-state index contributed by atoms with van der Waals surface area (Å²) in [6.45, 7) is 0. The number of nitrogens with one attached hydrogen (secondary N) is 2. The maximum atomic E-state index is 11.5. The van der Waals surface area contributed by atoms with Gasteiger partial charge >= 0.3 is 5.56 Å². The molecule has 0 bridgehead atoms. The molecule has 1 aliphatic rings. The van der Waals surface area contributed by atoms with Crippen LogP contribution < -0.4 is 11.0 Å². The summed E-state index contributed by atoms with van der Waals surface area (Å²) < 4.78 is 0. The van der Waals surface area contributed by atoms with Crippen molar-refractivity contribution in [2.45, 2.75) is 44.9 Å².